The molecule has 0 spiro atoms. The van der Waals surface area contributed by atoms with Crippen molar-refractivity contribution >= 4 is 5.91 Å². The number of rotatable bonds is 5. The molecule has 0 aliphatic carbocycles. The molecule has 76 valence electrons. The molecule has 0 aromatic carbocycles. The monoisotopic (exact) mass is 184 g/mol. The van der Waals surface area contributed by atoms with Gasteiger partial charge in [0.1, 0.15) is 0 Å². The van der Waals surface area contributed by atoms with E-state index in [2.05, 4.69) is 5.32 Å². The van der Waals surface area contributed by atoms with Gasteiger partial charge in [-0.05, 0) is 27.2 Å². The summed E-state index contributed by atoms with van der Waals surface area (Å²) in [6, 6.07) is 0. The topological polar surface area (TPSA) is 55.1 Å². The fourth-order valence-corrected chi connectivity index (χ4v) is 0.768. The Morgan fingerprint density at radius 2 is 2.15 bits per heavy atom. The summed E-state index contributed by atoms with van der Waals surface area (Å²) in [6.45, 7) is 6.72. The van der Waals surface area contributed by atoms with Crippen LogP contribution in [0.2, 0.25) is 0 Å². The van der Waals surface area contributed by atoms with Crippen LogP contribution in [-0.4, -0.2) is 19.0 Å². The van der Waals surface area contributed by atoms with Crippen molar-refractivity contribution in [2.75, 3.05) is 13.1 Å². The molecule has 0 rings (SSSR count). The van der Waals surface area contributed by atoms with Gasteiger partial charge in [-0.15, -0.1) is 0 Å². The molecule has 3 nitrogen and oxygen atoms in total. The van der Waals surface area contributed by atoms with Gasteiger partial charge in [-0.25, -0.2) is 0 Å². The van der Waals surface area contributed by atoms with Crippen molar-refractivity contribution in [1.29, 1.82) is 0 Å². The first-order chi connectivity index (χ1) is 6.04. The quantitative estimate of drug-likeness (QED) is 0.496. The molecule has 0 saturated carbocycles. The Balaban J connectivity index is 3.74. The summed E-state index contributed by atoms with van der Waals surface area (Å²) in [5.41, 5.74) is 5.01. The largest absolute Gasteiger partial charge is 0.355 e. The number of hydrogen-bond donors (Lipinski definition) is 2. The Kier molecular flexibility index (Phi) is 5.39. The average molecular weight is 184 g/mol. The van der Waals surface area contributed by atoms with Crippen molar-refractivity contribution in [2.45, 2.75) is 27.2 Å². The lowest BCUT2D eigenvalue weighted by Gasteiger charge is -2.20. The molecule has 0 heterocycles. The van der Waals surface area contributed by atoms with Gasteiger partial charge in [0.25, 0.3) is 0 Å². The number of carbonyl (C=O) groups excluding carboxylic acids is 1. The molecule has 3 N–H and O–H groups in total. The first-order valence-electron chi connectivity index (χ1n) is 4.64. The molecule has 0 saturated heterocycles. The minimum Gasteiger partial charge on any atom is -0.355 e. The van der Waals surface area contributed by atoms with E-state index in [1.807, 2.05) is 32.9 Å². The van der Waals surface area contributed by atoms with E-state index in [9.17, 15) is 4.79 Å². The lowest BCUT2D eigenvalue weighted by molar-refractivity contribution is -0.128. The zero-order valence-corrected chi connectivity index (χ0v) is 8.76. The molecular weight excluding hydrogens is 164 g/mol. The second kappa shape index (κ2) is 5.75. The highest BCUT2D eigenvalue weighted by molar-refractivity contribution is 5.81. The fourth-order valence-electron chi connectivity index (χ4n) is 0.768. The summed E-state index contributed by atoms with van der Waals surface area (Å²) >= 11 is 0. The molecule has 1 amide bonds. The van der Waals surface area contributed by atoms with Crippen LogP contribution < -0.4 is 11.1 Å². The van der Waals surface area contributed by atoms with Crippen molar-refractivity contribution in [1.82, 2.24) is 5.32 Å². The average Bonchev–Trinajstić information content (AvgIpc) is 2.12. The predicted molar refractivity (Wildman–Crippen MR) is 55.3 cm³/mol. The highest BCUT2D eigenvalue weighted by Crippen LogP contribution is 2.11. The SMILES string of the molecule is C/C=C/CCNC(=O)C(C)(C)CN. The van der Waals surface area contributed by atoms with Gasteiger partial charge < -0.3 is 11.1 Å². The smallest absolute Gasteiger partial charge is 0.226 e. The van der Waals surface area contributed by atoms with Gasteiger partial charge in [0.15, 0.2) is 0 Å². The Bertz CT molecular complexity index is 185. The van der Waals surface area contributed by atoms with Crippen LogP contribution in [-0.2, 0) is 4.79 Å². The highest BCUT2D eigenvalue weighted by atomic mass is 16.2. The molecule has 13 heavy (non-hydrogen) atoms. The van der Waals surface area contributed by atoms with Gasteiger partial charge in [0, 0.05) is 13.1 Å². The van der Waals surface area contributed by atoms with Crippen LogP contribution >= 0.6 is 0 Å². The molecule has 0 fully saturated rings. The van der Waals surface area contributed by atoms with Gasteiger partial charge in [0.05, 0.1) is 5.41 Å². The van der Waals surface area contributed by atoms with Crippen molar-refractivity contribution < 1.29 is 4.79 Å². The summed E-state index contributed by atoms with van der Waals surface area (Å²) in [5, 5.41) is 2.84. The van der Waals surface area contributed by atoms with E-state index in [-0.39, 0.29) is 5.91 Å². The molecule has 0 aliphatic heterocycles. The molecule has 0 radical (unpaired) electrons. The number of allylic oxidation sites excluding steroid dienone is 1. The van der Waals surface area contributed by atoms with E-state index in [0.717, 1.165) is 6.42 Å². The number of nitrogens with two attached hydrogens (primary N) is 1. The molecule has 0 aliphatic rings. The van der Waals surface area contributed by atoms with Crippen LogP contribution in [0.4, 0.5) is 0 Å². The minimum absolute atomic E-state index is 0.0273. The van der Waals surface area contributed by atoms with E-state index in [4.69, 9.17) is 5.73 Å². The highest BCUT2D eigenvalue weighted by Gasteiger charge is 2.24. The van der Waals surface area contributed by atoms with E-state index >= 15 is 0 Å². The van der Waals surface area contributed by atoms with Crippen LogP contribution in [0.3, 0.4) is 0 Å². The zero-order valence-electron chi connectivity index (χ0n) is 8.76. The minimum atomic E-state index is -0.448. The normalized spacial score (nSPS) is 12.0. The predicted octanol–water partition coefficient (Wildman–Crippen LogP) is 1.05. The second-order valence-corrected chi connectivity index (χ2v) is 3.70. The molecule has 0 aromatic heterocycles. The first-order valence-corrected chi connectivity index (χ1v) is 4.64. The summed E-state index contributed by atoms with van der Waals surface area (Å²) in [7, 11) is 0. The maximum atomic E-state index is 11.4. The van der Waals surface area contributed by atoms with Gasteiger partial charge in [-0.3, -0.25) is 4.79 Å². The van der Waals surface area contributed by atoms with Crippen molar-refractivity contribution in [3.05, 3.63) is 12.2 Å². The third-order valence-electron chi connectivity index (χ3n) is 1.96. The van der Waals surface area contributed by atoms with Crippen molar-refractivity contribution in [3.8, 4) is 0 Å². The molecule has 0 bridgehead atoms. The number of hydrogen-bond acceptors (Lipinski definition) is 2. The molecule has 3 heteroatoms. The molecule has 0 atom stereocenters. The second-order valence-electron chi connectivity index (χ2n) is 3.70. The van der Waals surface area contributed by atoms with Crippen LogP contribution in [0.25, 0.3) is 0 Å². The Hall–Kier alpha value is -0.830. The molecular formula is C10H20N2O. The Morgan fingerprint density at radius 1 is 1.54 bits per heavy atom. The lowest BCUT2D eigenvalue weighted by Crippen LogP contribution is -2.41. The Morgan fingerprint density at radius 3 is 2.62 bits per heavy atom. The fraction of sp³-hybridized carbons (Fsp3) is 0.700. The zero-order chi connectivity index (χ0) is 10.3. The maximum Gasteiger partial charge on any atom is 0.226 e. The number of amides is 1. The lowest BCUT2D eigenvalue weighted by atomic mass is 9.93. The standard InChI is InChI=1S/C10H20N2O/c1-4-5-6-7-12-9(13)10(2,3)8-11/h4-5H,6-8,11H2,1-3H3,(H,12,13)/b5-4+. The number of nitrogens with one attached hydrogen (secondary N) is 1. The molecule has 0 aromatic rings. The summed E-state index contributed by atoms with van der Waals surface area (Å²) in [5.74, 6) is 0.0273. The molecule has 0 unspecified atom stereocenters. The number of carbonyl (C=O) groups is 1. The van der Waals surface area contributed by atoms with Crippen molar-refractivity contribution in [3.63, 3.8) is 0 Å². The van der Waals surface area contributed by atoms with Crippen LogP contribution in [0.5, 0.6) is 0 Å². The summed E-state index contributed by atoms with van der Waals surface area (Å²) in [6.07, 6.45) is 4.87. The summed E-state index contributed by atoms with van der Waals surface area (Å²) < 4.78 is 0. The van der Waals surface area contributed by atoms with Crippen molar-refractivity contribution in [2.24, 2.45) is 11.1 Å². The van der Waals surface area contributed by atoms with E-state index in [0.29, 0.717) is 13.1 Å². The van der Waals surface area contributed by atoms with E-state index in [1.165, 1.54) is 0 Å². The van der Waals surface area contributed by atoms with Crippen LogP contribution in [0.1, 0.15) is 27.2 Å². The first kappa shape index (κ1) is 12.2. The Labute approximate surface area is 80.4 Å². The van der Waals surface area contributed by atoms with Gasteiger partial charge >= 0.3 is 0 Å². The summed E-state index contributed by atoms with van der Waals surface area (Å²) in [4.78, 5) is 11.4. The van der Waals surface area contributed by atoms with Gasteiger partial charge in [0.2, 0.25) is 5.91 Å². The third kappa shape index (κ3) is 4.68. The van der Waals surface area contributed by atoms with Gasteiger partial charge in [-0.1, -0.05) is 12.2 Å². The third-order valence-corrected chi connectivity index (χ3v) is 1.96. The van der Waals surface area contributed by atoms with Crippen LogP contribution in [0, 0.1) is 5.41 Å². The maximum absolute atomic E-state index is 11.4. The van der Waals surface area contributed by atoms with Crippen LogP contribution in [0.15, 0.2) is 12.2 Å². The van der Waals surface area contributed by atoms with E-state index < -0.39 is 5.41 Å². The van der Waals surface area contributed by atoms with Gasteiger partial charge in [-0.2, -0.15) is 0 Å². The van der Waals surface area contributed by atoms with E-state index in [1.54, 1.807) is 0 Å².